The third-order valence-electron chi connectivity index (χ3n) is 3.15. The van der Waals surface area contributed by atoms with Gasteiger partial charge in [0.15, 0.2) is 5.16 Å². The molecule has 0 aliphatic carbocycles. The van der Waals surface area contributed by atoms with Crippen molar-refractivity contribution in [2.24, 2.45) is 7.05 Å². The highest BCUT2D eigenvalue weighted by molar-refractivity contribution is 7.98. The Balaban J connectivity index is 1.95. The zero-order chi connectivity index (χ0) is 14.1. The molecule has 20 heavy (non-hydrogen) atoms. The Morgan fingerprint density at radius 3 is 2.85 bits per heavy atom. The molecule has 0 amide bonds. The predicted octanol–water partition coefficient (Wildman–Crippen LogP) is 3.62. The monoisotopic (exact) mass is 304 g/mol. The van der Waals surface area contributed by atoms with E-state index in [4.69, 9.17) is 11.6 Å². The van der Waals surface area contributed by atoms with Crippen molar-refractivity contribution in [2.75, 3.05) is 0 Å². The third-order valence-corrected chi connectivity index (χ3v) is 4.70. The summed E-state index contributed by atoms with van der Waals surface area (Å²) in [5.41, 5.74) is 2.93. The van der Waals surface area contributed by atoms with Crippen LogP contribution in [0.15, 0.2) is 35.7 Å². The molecule has 6 heteroatoms. The lowest BCUT2D eigenvalue weighted by Crippen LogP contribution is -1.96. The second-order valence-corrected chi connectivity index (χ2v) is 5.85. The van der Waals surface area contributed by atoms with E-state index in [9.17, 15) is 0 Å². The molecule has 1 aromatic carbocycles. The van der Waals surface area contributed by atoms with Crippen molar-refractivity contribution >= 4 is 34.3 Å². The van der Waals surface area contributed by atoms with Crippen LogP contribution in [0, 0.1) is 6.92 Å². The van der Waals surface area contributed by atoms with Crippen molar-refractivity contribution in [3.8, 4) is 0 Å². The van der Waals surface area contributed by atoms with E-state index in [1.807, 2.05) is 42.8 Å². The minimum atomic E-state index is 0.678. The van der Waals surface area contributed by atoms with Crippen LogP contribution in [0.3, 0.4) is 0 Å². The first kappa shape index (κ1) is 13.4. The molecule has 0 aliphatic rings. The number of rotatable bonds is 3. The van der Waals surface area contributed by atoms with Crippen molar-refractivity contribution in [1.82, 2.24) is 19.7 Å². The Bertz CT molecular complexity index is 769. The number of pyridine rings is 1. The summed E-state index contributed by atoms with van der Waals surface area (Å²) in [6, 6.07) is 8.04. The van der Waals surface area contributed by atoms with Gasteiger partial charge in [0.25, 0.3) is 0 Å². The Morgan fingerprint density at radius 1 is 1.30 bits per heavy atom. The van der Waals surface area contributed by atoms with Crippen molar-refractivity contribution in [3.05, 3.63) is 46.9 Å². The number of aromatic nitrogens is 4. The lowest BCUT2D eigenvalue weighted by atomic mass is 10.1. The van der Waals surface area contributed by atoms with Gasteiger partial charge in [0.2, 0.25) is 0 Å². The first-order valence-electron chi connectivity index (χ1n) is 6.17. The number of para-hydroxylation sites is 1. The number of nitrogens with zero attached hydrogens (tertiary/aromatic N) is 4. The maximum absolute atomic E-state index is 6.43. The Kier molecular flexibility index (Phi) is 3.63. The van der Waals surface area contributed by atoms with Crippen molar-refractivity contribution < 1.29 is 0 Å². The first-order chi connectivity index (χ1) is 9.66. The molecular weight excluding hydrogens is 292 g/mol. The lowest BCUT2D eigenvalue weighted by molar-refractivity contribution is 0.788. The van der Waals surface area contributed by atoms with Gasteiger partial charge in [0.05, 0.1) is 16.2 Å². The van der Waals surface area contributed by atoms with Gasteiger partial charge in [-0.2, -0.15) is 0 Å². The van der Waals surface area contributed by atoms with Gasteiger partial charge in [-0.25, -0.2) is 0 Å². The summed E-state index contributed by atoms with van der Waals surface area (Å²) in [6.45, 7) is 2.03. The van der Waals surface area contributed by atoms with Gasteiger partial charge in [-0.15, -0.1) is 10.2 Å². The molecule has 0 fully saturated rings. The minimum Gasteiger partial charge on any atom is -0.312 e. The third kappa shape index (κ3) is 2.39. The highest BCUT2D eigenvalue weighted by Crippen LogP contribution is 2.30. The number of benzene rings is 1. The van der Waals surface area contributed by atoms with Crippen molar-refractivity contribution in [1.29, 1.82) is 0 Å². The zero-order valence-electron chi connectivity index (χ0n) is 11.2. The van der Waals surface area contributed by atoms with E-state index >= 15 is 0 Å². The fraction of sp³-hybridized carbons (Fsp3) is 0.214. The molecule has 2 heterocycles. The maximum Gasteiger partial charge on any atom is 0.191 e. The summed E-state index contributed by atoms with van der Waals surface area (Å²) in [4.78, 5) is 4.65. The van der Waals surface area contributed by atoms with Crippen LogP contribution in [-0.4, -0.2) is 19.7 Å². The molecule has 3 aromatic rings. The number of hydrogen-bond donors (Lipinski definition) is 0. The first-order valence-corrected chi connectivity index (χ1v) is 7.53. The Labute approximate surface area is 126 Å². The lowest BCUT2D eigenvalue weighted by Gasteiger charge is -2.09. The van der Waals surface area contributed by atoms with E-state index in [0.29, 0.717) is 5.75 Å². The van der Waals surface area contributed by atoms with Crippen LogP contribution < -0.4 is 0 Å². The number of aryl methyl sites for hydroxylation is 2. The van der Waals surface area contributed by atoms with Crippen LogP contribution in [0.4, 0.5) is 0 Å². The normalized spacial score (nSPS) is 11.2. The van der Waals surface area contributed by atoms with Gasteiger partial charge >= 0.3 is 0 Å². The summed E-state index contributed by atoms with van der Waals surface area (Å²) in [5, 5.41) is 10.6. The average molecular weight is 305 g/mol. The van der Waals surface area contributed by atoms with Crippen LogP contribution in [0.2, 0.25) is 5.02 Å². The fourth-order valence-electron chi connectivity index (χ4n) is 2.05. The van der Waals surface area contributed by atoms with Gasteiger partial charge in [-0.3, -0.25) is 4.98 Å². The highest BCUT2D eigenvalue weighted by atomic mass is 35.5. The molecule has 4 nitrogen and oxygen atoms in total. The van der Waals surface area contributed by atoms with Crippen LogP contribution in [-0.2, 0) is 12.8 Å². The Hall–Kier alpha value is -1.59. The van der Waals surface area contributed by atoms with E-state index in [2.05, 4.69) is 15.2 Å². The largest absolute Gasteiger partial charge is 0.312 e. The van der Waals surface area contributed by atoms with Gasteiger partial charge in [-0.05, 0) is 18.6 Å². The van der Waals surface area contributed by atoms with Crippen molar-refractivity contribution in [2.45, 2.75) is 17.8 Å². The SMILES string of the molecule is Cc1c(Cl)c(CSc2nncn2C)nc2ccccc12. The van der Waals surface area contributed by atoms with E-state index in [1.165, 1.54) is 0 Å². The molecule has 2 aromatic heterocycles. The number of hydrogen-bond acceptors (Lipinski definition) is 4. The molecule has 0 saturated heterocycles. The van der Waals surface area contributed by atoms with E-state index in [1.54, 1.807) is 18.1 Å². The maximum atomic E-state index is 6.43. The number of thioether (sulfide) groups is 1. The minimum absolute atomic E-state index is 0.678. The molecule has 102 valence electrons. The summed E-state index contributed by atoms with van der Waals surface area (Å²) in [6.07, 6.45) is 1.68. The molecule has 0 bridgehead atoms. The zero-order valence-corrected chi connectivity index (χ0v) is 12.7. The molecule has 0 saturated carbocycles. The molecule has 0 N–H and O–H groups in total. The molecule has 0 atom stereocenters. The van der Waals surface area contributed by atoms with E-state index < -0.39 is 0 Å². The Morgan fingerprint density at radius 2 is 2.10 bits per heavy atom. The summed E-state index contributed by atoms with van der Waals surface area (Å²) in [5.74, 6) is 0.678. The van der Waals surface area contributed by atoms with Crippen LogP contribution in [0.5, 0.6) is 0 Å². The molecule has 3 rings (SSSR count). The van der Waals surface area contributed by atoms with Gasteiger partial charge < -0.3 is 4.57 Å². The molecule has 0 radical (unpaired) electrons. The van der Waals surface area contributed by atoms with Crippen molar-refractivity contribution in [3.63, 3.8) is 0 Å². The second kappa shape index (κ2) is 5.42. The van der Waals surface area contributed by atoms with Crippen LogP contribution in [0.1, 0.15) is 11.3 Å². The average Bonchev–Trinajstić information content (AvgIpc) is 2.87. The molecule has 0 aliphatic heterocycles. The summed E-state index contributed by atoms with van der Waals surface area (Å²) in [7, 11) is 1.92. The van der Waals surface area contributed by atoms with E-state index in [-0.39, 0.29) is 0 Å². The standard InChI is InChI=1S/C14H13ClN4S/c1-9-10-5-3-4-6-11(10)17-12(13(9)15)7-20-14-18-16-8-19(14)2/h3-6,8H,7H2,1-2H3. The fourth-order valence-corrected chi connectivity index (χ4v) is 3.17. The molecule has 0 unspecified atom stereocenters. The van der Waals surface area contributed by atoms with Crippen LogP contribution >= 0.6 is 23.4 Å². The van der Waals surface area contributed by atoms with Gasteiger partial charge in [0.1, 0.15) is 6.33 Å². The molecular formula is C14H13ClN4S. The second-order valence-electron chi connectivity index (χ2n) is 4.53. The van der Waals surface area contributed by atoms with Crippen LogP contribution in [0.25, 0.3) is 10.9 Å². The topological polar surface area (TPSA) is 43.6 Å². The van der Waals surface area contributed by atoms with Gasteiger partial charge in [0, 0.05) is 18.2 Å². The predicted molar refractivity (Wildman–Crippen MR) is 82.1 cm³/mol. The highest BCUT2D eigenvalue weighted by Gasteiger charge is 2.11. The summed E-state index contributed by atoms with van der Waals surface area (Å²) < 4.78 is 1.88. The number of fused-ring (bicyclic) bond motifs is 1. The molecule has 0 spiro atoms. The quantitative estimate of drug-likeness (QED) is 0.693. The smallest absolute Gasteiger partial charge is 0.191 e. The van der Waals surface area contributed by atoms with E-state index in [0.717, 1.165) is 32.3 Å². The van der Waals surface area contributed by atoms with Gasteiger partial charge in [-0.1, -0.05) is 41.6 Å². The number of halogens is 1. The summed E-state index contributed by atoms with van der Waals surface area (Å²) >= 11 is 8.01.